The molecule has 0 saturated carbocycles. The van der Waals surface area contributed by atoms with E-state index in [9.17, 15) is 0 Å². The summed E-state index contributed by atoms with van der Waals surface area (Å²) in [5, 5.41) is 3.62. The van der Waals surface area contributed by atoms with Gasteiger partial charge in [-0.2, -0.15) is 0 Å². The minimum Gasteiger partial charge on any atom is -0.312 e. The highest BCUT2D eigenvalue weighted by molar-refractivity contribution is 4.90. The van der Waals surface area contributed by atoms with Gasteiger partial charge in [0.1, 0.15) is 0 Å². The Morgan fingerprint density at radius 3 is 2.50 bits per heavy atom. The molecule has 1 N–H and O–H groups in total. The lowest BCUT2D eigenvalue weighted by molar-refractivity contribution is 0.107. The van der Waals surface area contributed by atoms with Crippen LogP contribution in [0, 0.1) is 5.92 Å². The summed E-state index contributed by atoms with van der Waals surface area (Å²) >= 11 is 0. The Balaban J connectivity index is 1.78. The summed E-state index contributed by atoms with van der Waals surface area (Å²) in [5.41, 5.74) is 0.323. The van der Waals surface area contributed by atoms with Gasteiger partial charge in [0.05, 0.1) is 0 Å². The highest BCUT2D eigenvalue weighted by Gasteiger charge is 2.30. The molecule has 0 spiro atoms. The van der Waals surface area contributed by atoms with E-state index in [0.29, 0.717) is 5.54 Å². The largest absolute Gasteiger partial charge is 0.312 e. The normalized spacial score (nSPS) is 30.8. The van der Waals surface area contributed by atoms with Crippen LogP contribution in [-0.2, 0) is 0 Å². The molecule has 0 aromatic rings. The average Bonchev–Trinajstić information content (AvgIpc) is 2.31. The van der Waals surface area contributed by atoms with Gasteiger partial charge in [-0.1, -0.05) is 0 Å². The Morgan fingerprint density at radius 1 is 1.22 bits per heavy atom. The maximum atomic E-state index is 3.62. The maximum Gasteiger partial charge on any atom is 0.0140 e. The van der Waals surface area contributed by atoms with Crippen molar-refractivity contribution in [3.63, 3.8) is 0 Å². The lowest BCUT2D eigenvalue weighted by atomic mass is 9.87. The van der Waals surface area contributed by atoms with Crippen LogP contribution in [0.2, 0.25) is 0 Å². The van der Waals surface area contributed by atoms with Gasteiger partial charge in [-0.3, -0.25) is 0 Å². The molecule has 2 fully saturated rings. The van der Waals surface area contributed by atoms with E-state index in [2.05, 4.69) is 43.1 Å². The van der Waals surface area contributed by atoms with E-state index in [-0.39, 0.29) is 0 Å². The zero-order valence-corrected chi connectivity index (χ0v) is 12.7. The fraction of sp³-hybridized carbons (Fsp3) is 1.00. The summed E-state index contributed by atoms with van der Waals surface area (Å²) in [5.74, 6) is 0.921. The number of rotatable bonds is 3. The molecule has 2 saturated heterocycles. The van der Waals surface area contributed by atoms with Gasteiger partial charge in [0.25, 0.3) is 0 Å². The number of piperidine rings is 2. The van der Waals surface area contributed by atoms with Crippen LogP contribution in [0.25, 0.3) is 0 Å². The summed E-state index contributed by atoms with van der Waals surface area (Å²) in [7, 11) is 4.58. The van der Waals surface area contributed by atoms with E-state index in [4.69, 9.17) is 0 Å². The van der Waals surface area contributed by atoms with E-state index in [1.165, 1.54) is 51.9 Å². The number of likely N-dealkylation sites (tertiary alicyclic amines) is 1. The predicted molar refractivity (Wildman–Crippen MR) is 78.0 cm³/mol. The van der Waals surface area contributed by atoms with Crippen LogP contribution in [-0.4, -0.2) is 61.7 Å². The van der Waals surface area contributed by atoms with Gasteiger partial charge in [-0.25, -0.2) is 0 Å². The topological polar surface area (TPSA) is 18.5 Å². The fourth-order valence-corrected chi connectivity index (χ4v) is 3.52. The zero-order valence-electron chi connectivity index (χ0n) is 12.7. The van der Waals surface area contributed by atoms with Crippen LogP contribution >= 0.6 is 0 Å². The zero-order chi connectivity index (χ0) is 13.2. The lowest BCUT2D eigenvalue weighted by Gasteiger charge is -2.42. The first kappa shape index (κ1) is 14.3. The SMILES string of the molecule is CN1CCC(CN(C)C2CCNC(C)(C)C2)CC1. The third-order valence-electron chi connectivity index (χ3n) is 4.83. The summed E-state index contributed by atoms with van der Waals surface area (Å²) in [6, 6.07) is 0.779. The van der Waals surface area contributed by atoms with Crippen molar-refractivity contribution in [2.45, 2.75) is 51.1 Å². The third kappa shape index (κ3) is 3.94. The molecule has 2 aliphatic heterocycles. The Labute approximate surface area is 113 Å². The molecular weight excluding hydrogens is 222 g/mol. The monoisotopic (exact) mass is 253 g/mol. The number of hydrogen-bond acceptors (Lipinski definition) is 3. The van der Waals surface area contributed by atoms with Gasteiger partial charge >= 0.3 is 0 Å². The van der Waals surface area contributed by atoms with Crippen molar-refractivity contribution in [1.82, 2.24) is 15.1 Å². The molecule has 2 heterocycles. The van der Waals surface area contributed by atoms with Crippen LogP contribution in [0.4, 0.5) is 0 Å². The first-order valence-corrected chi connectivity index (χ1v) is 7.60. The maximum absolute atomic E-state index is 3.62. The Hall–Kier alpha value is -0.120. The molecule has 0 radical (unpaired) electrons. The van der Waals surface area contributed by atoms with Gasteiger partial charge in [0.2, 0.25) is 0 Å². The second-order valence-corrected chi connectivity index (χ2v) is 7.14. The summed E-state index contributed by atoms with van der Waals surface area (Å²) < 4.78 is 0. The minimum atomic E-state index is 0.323. The minimum absolute atomic E-state index is 0.323. The van der Waals surface area contributed by atoms with Crippen molar-refractivity contribution in [3.05, 3.63) is 0 Å². The highest BCUT2D eigenvalue weighted by atomic mass is 15.2. The summed E-state index contributed by atoms with van der Waals surface area (Å²) in [4.78, 5) is 5.10. The molecule has 0 amide bonds. The van der Waals surface area contributed by atoms with Crippen LogP contribution in [0.3, 0.4) is 0 Å². The molecule has 0 aliphatic carbocycles. The molecule has 3 heteroatoms. The highest BCUT2D eigenvalue weighted by Crippen LogP contribution is 2.24. The quantitative estimate of drug-likeness (QED) is 0.827. The van der Waals surface area contributed by atoms with Crippen LogP contribution in [0.5, 0.6) is 0 Å². The standard InChI is InChI=1S/C15H31N3/c1-15(2)11-14(5-8-16-15)18(4)12-13-6-9-17(3)10-7-13/h13-14,16H,5-12H2,1-4H3. The second-order valence-electron chi connectivity index (χ2n) is 7.14. The predicted octanol–water partition coefficient (Wildman–Crippen LogP) is 1.79. The van der Waals surface area contributed by atoms with E-state index in [0.717, 1.165) is 12.0 Å². The molecule has 1 atom stereocenters. The van der Waals surface area contributed by atoms with E-state index >= 15 is 0 Å². The van der Waals surface area contributed by atoms with Crippen LogP contribution in [0.15, 0.2) is 0 Å². The van der Waals surface area contributed by atoms with Gasteiger partial charge in [-0.15, -0.1) is 0 Å². The number of nitrogens with zero attached hydrogens (tertiary/aromatic N) is 2. The molecule has 0 bridgehead atoms. The van der Waals surface area contributed by atoms with Crippen molar-refractivity contribution in [2.24, 2.45) is 5.92 Å². The Kier molecular flexibility index (Phi) is 4.68. The van der Waals surface area contributed by atoms with Gasteiger partial charge in [-0.05, 0) is 79.2 Å². The molecule has 3 nitrogen and oxygen atoms in total. The number of nitrogens with one attached hydrogen (secondary N) is 1. The average molecular weight is 253 g/mol. The van der Waals surface area contributed by atoms with Crippen molar-refractivity contribution < 1.29 is 0 Å². The molecular formula is C15H31N3. The summed E-state index contributed by atoms with van der Waals surface area (Å²) in [6.45, 7) is 9.72. The van der Waals surface area contributed by atoms with Crippen molar-refractivity contribution >= 4 is 0 Å². The molecule has 0 aromatic carbocycles. The molecule has 18 heavy (non-hydrogen) atoms. The van der Waals surface area contributed by atoms with Gasteiger partial charge < -0.3 is 15.1 Å². The first-order chi connectivity index (χ1) is 8.46. The van der Waals surface area contributed by atoms with Gasteiger partial charge in [0.15, 0.2) is 0 Å². The molecule has 0 aromatic heterocycles. The molecule has 2 aliphatic rings. The van der Waals surface area contributed by atoms with Crippen LogP contribution in [0.1, 0.15) is 39.5 Å². The third-order valence-corrected chi connectivity index (χ3v) is 4.83. The number of hydrogen-bond donors (Lipinski definition) is 1. The van der Waals surface area contributed by atoms with E-state index in [1.807, 2.05) is 0 Å². The van der Waals surface area contributed by atoms with Crippen molar-refractivity contribution in [1.29, 1.82) is 0 Å². The Morgan fingerprint density at radius 2 is 1.89 bits per heavy atom. The smallest absolute Gasteiger partial charge is 0.0140 e. The van der Waals surface area contributed by atoms with Crippen LogP contribution < -0.4 is 5.32 Å². The fourth-order valence-electron chi connectivity index (χ4n) is 3.52. The van der Waals surface area contributed by atoms with Crippen molar-refractivity contribution in [2.75, 3.05) is 40.3 Å². The second kappa shape index (κ2) is 5.89. The van der Waals surface area contributed by atoms with Gasteiger partial charge in [0, 0.05) is 18.1 Å². The molecule has 2 rings (SSSR count). The van der Waals surface area contributed by atoms with E-state index in [1.54, 1.807) is 0 Å². The summed E-state index contributed by atoms with van der Waals surface area (Å²) in [6.07, 6.45) is 5.37. The van der Waals surface area contributed by atoms with Crippen molar-refractivity contribution in [3.8, 4) is 0 Å². The molecule has 106 valence electrons. The lowest BCUT2D eigenvalue weighted by Crippen LogP contribution is -2.53. The molecule has 1 unspecified atom stereocenters. The first-order valence-electron chi connectivity index (χ1n) is 7.60. The van der Waals surface area contributed by atoms with E-state index < -0.39 is 0 Å². The Bertz CT molecular complexity index is 256.